The summed E-state index contributed by atoms with van der Waals surface area (Å²) in [6, 6.07) is 6.25. The number of primary amides is 1. The Morgan fingerprint density at radius 1 is 0.974 bits per heavy atom. The molecule has 1 unspecified atom stereocenters. The summed E-state index contributed by atoms with van der Waals surface area (Å²) in [6.45, 7) is 8.46. The maximum Gasteiger partial charge on any atom is 0.338 e. The summed E-state index contributed by atoms with van der Waals surface area (Å²) in [7, 11) is 0. The molecule has 5 N–H and O–H groups in total. The third-order valence-corrected chi connectivity index (χ3v) is 6.02. The fraction of sp³-hybridized carbons (Fsp3) is 0.464. The molecule has 2 amide bonds. The second-order valence-electron chi connectivity index (χ2n) is 9.50. The van der Waals surface area contributed by atoms with Gasteiger partial charge in [0.2, 0.25) is 5.91 Å². The van der Waals surface area contributed by atoms with E-state index in [9.17, 15) is 23.2 Å². The van der Waals surface area contributed by atoms with E-state index in [2.05, 4.69) is 5.32 Å². The monoisotopic (exact) mass is 532 g/mol. The van der Waals surface area contributed by atoms with Crippen LogP contribution >= 0.6 is 0 Å². The highest BCUT2D eigenvalue weighted by molar-refractivity contribution is 5.98. The molecule has 2 rings (SSSR count). The first-order valence-corrected chi connectivity index (χ1v) is 12.8. The van der Waals surface area contributed by atoms with Crippen LogP contribution in [0.2, 0.25) is 0 Å². The molecule has 0 aromatic heterocycles. The number of esters is 1. The van der Waals surface area contributed by atoms with E-state index in [1.165, 1.54) is 6.07 Å². The minimum absolute atomic E-state index is 0.000191. The molecule has 8 nitrogen and oxygen atoms in total. The average molecular weight is 533 g/mol. The molecule has 0 spiro atoms. The van der Waals surface area contributed by atoms with Crippen molar-refractivity contribution in [2.24, 2.45) is 11.5 Å². The van der Waals surface area contributed by atoms with Gasteiger partial charge in [-0.05, 0) is 74.6 Å². The van der Waals surface area contributed by atoms with Crippen molar-refractivity contribution >= 4 is 17.8 Å². The van der Waals surface area contributed by atoms with Gasteiger partial charge in [0.15, 0.2) is 0 Å². The van der Waals surface area contributed by atoms with Gasteiger partial charge in [-0.3, -0.25) is 9.59 Å². The highest BCUT2D eigenvalue weighted by Gasteiger charge is 2.26. The fourth-order valence-corrected chi connectivity index (χ4v) is 4.07. The molecule has 2 aromatic rings. The lowest BCUT2D eigenvalue weighted by molar-refractivity contribution is -0.119. The van der Waals surface area contributed by atoms with E-state index in [1.54, 1.807) is 30.9 Å². The van der Waals surface area contributed by atoms with E-state index in [-0.39, 0.29) is 30.0 Å². The number of aryl methyl sites for hydroxylation is 1. The van der Waals surface area contributed by atoms with Gasteiger partial charge >= 0.3 is 5.97 Å². The van der Waals surface area contributed by atoms with Crippen LogP contribution in [0.3, 0.4) is 0 Å². The van der Waals surface area contributed by atoms with Crippen molar-refractivity contribution in [3.63, 3.8) is 0 Å². The van der Waals surface area contributed by atoms with Crippen LogP contribution in [0, 0.1) is 18.6 Å². The van der Waals surface area contributed by atoms with Crippen LogP contribution in [0.1, 0.15) is 65.5 Å². The zero-order chi connectivity index (χ0) is 28.4. The Morgan fingerprint density at radius 3 is 2.11 bits per heavy atom. The minimum atomic E-state index is -0.980. The smallest absolute Gasteiger partial charge is 0.338 e. The molecule has 0 saturated heterocycles. The Hall–Kier alpha value is -3.37. The van der Waals surface area contributed by atoms with Crippen molar-refractivity contribution in [2.45, 2.75) is 65.1 Å². The van der Waals surface area contributed by atoms with Crippen LogP contribution in [0.25, 0.3) is 0 Å². The summed E-state index contributed by atoms with van der Waals surface area (Å²) in [4.78, 5) is 39.6. The molecule has 0 radical (unpaired) electrons. The number of rotatable bonds is 14. The van der Waals surface area contributed by atoms with Crippen LogP contribution in [0.5, 0.6) is 0 Å². The van der Waals surface area contributed by atoms with Crippen molar-refractivity contribution in [3.05, 3.63) is 70.3 Å². The Kier molecular flexibility index (Phi) is 11.8. The van der Waals surface area contributed by atoms with Gasteiger partial charge in [0.05, 0.1) is 11.6 Å². The maximum atomic E-state index is 13.7. The number of carbonyl (C=O) groups excluding carboxylic acids is 3. The number of benzene rings is 2. The van der Waals surface area contributed by atoms with Crippen molar-refractivity contribution in [3.8, 4) is 0 Å². The van der Waals surface area contributed by atoms with Crippen LogP contribution in [0.15, 0.2) is 36.4 Å². The molecule has 0 fully saturated rings. The SMILES string of the molecule is CCCN(CCC)C(=O)c1cc(C)cc(C(=O)O[C@H](CNC(C)C(N)=O)[C@@H](N)Cc2cc(F)cc(F)c2)c1. The van der Waals surface area contributed by atoms with Crippen LogP contribution < -0.4 is 16.8 Å². The number of amides is 2. The van der Waals surface area contributed by atoms with Crippen LogP contribution in [0.4, 0.5) is 8.78 Å². The molecular weight excluding hydrogens is 494 g/mol. The van der Waals surface area contributed by atoms with E-state index in [1.807, 2.05) is 13.8 Å². The quantitative estimate of drug-likeness (QED) is 0.321. The molecule has 10 heteroatoms. The zero-order valence-corrected chi connectivity index (χ0v) is 22.4. The summed E-state index contributed by atoms with van der Waals surface area (Å²) >= 11 is 0. The number of carbonyl (C=O) groups is 3. The van der Waals surface area contributed by atoms with Crippen molar-refractivity contribution < 1.29 is 27.9 Å². The number of hydrogen-bond acceptors (Lipinski definition) is 6. The van der Waals surface area contributed by atoms with Gasteiger partial charge < -0.3 is 26.4 Å². The molecular formula is C28H38F2N4O4. The Bertz CT molecular complexity index is 1100. The number of hydrogen-bond donors (Lipinski definition) is 3. The van der Waals surface area contributed by atoms with Crippen molar-refractivity contribution in [2.75, 3.05) is 19.6 Å². The molecule has 0 heterocycles. The molecule has 208 valence electrons. The van der Waals surface area contributed by atoms with E-state index in [0.29, 0.717) is 24.2 Å². The number of nitrogens with zero attached hydrogens (tertiary/aromatic N) is 1. The topological polar surface area (TPSA) is 128 Å². The van der Waals surface area contributed by atoms with Gasteiger partial charge in [-0.1, -0.05) is 13.8 Å². The first kappa shape index (κ1) is 30.9. The summed E-state index contributed by atoms with van der Waals surface area (Å²) in [6.07, 6.45) is 0.627. The Balaban J connectivity index is 2.29. The van der Waals surface area contributed by atoms with Gasteiger partial charge in [0, 0.05) is 37.3 Å². The highest BCUT2D eigenvalue weighted by Crippen LogP contribution is 2.17. The van der Waals surface area contributed by atoms with E-state index < -0.39 is 41.7 Å². The van der Waals surface area contributed by atoms with Crippen molar-refractivity contribution in [1.29, 1.82) is 0 Å². The van der Waals surface area contributed by atoms with Gasteiger partial charge in [-0.2, -0.15) is 0 Å². The molecule has 38 heavy (non-hydrogen) atoms. The Morgan fingerprint density at radius 2 is 1.55 bits per heavy atom. The summed E-state index contributed by atoms with van der Waals surface area (Å²) in [5, 5.41) is 2.87. The van der Waals surface area contributed by atoms with Gasteiger partial charge in [0.25, 0.3) is 5.91 Å². The summed E-state index contributed by atoms with van der Waals surface area (Å²) < 4.78 is 33.1. The highest BCUT2D eigenvalue weighted by atomic mass is 19.1. The second-order valence-corrected chi connectivity index (χ2v) is 9.50. The van der Waals surface area contributed by atoms with E-state index >= 15 is 0 Å². The molecule has 0 aliphatic heterocycles. The number of nitrogens with one attached hydrogen (secondary N) is 1. The molecule has 0 aliphatic rings. The summed E-state index contributed by atoms with van der Waals surface area (Å²) in [5.41, 5.74) is 13.2. The minimum Gasteiger partial charge on any atom is -0.456 e. The third kappa shape index (κ3) is 9.18. The first-order chi connectivity index (χ1) is 17.9. The molecule has 3 atom stereocenters. The van der Waals surface area contributed by atoms with Gasteiger partial charge in [-0.25, -0.2) is 13.6 Å². The lowest BCUT2D eigenvalue weighted by atomic mass is 10.0. The third-order valence-electron chi connectivity index (χ3n) is 6.02. The van der Waals surface area contributed by atoms with Crippen LogP contribution in [-0.4, -0.2) is 60.5 Å². The summed E-state index contributed by atoms with van der Waals surface area (Å²) in [5.74, 6) is -3.01. The number of nitrogens with two attached hydrogens (primary N) is 2. The molecule has 0 aliphatic carbocycles. The maximum absolute atomic E-state index is 13.7. The number of ether oxygens (including phenoxy) is 1. The predicted molar refractivity (Wildman–Crippen MR) is 142 cm³/mol. The molecule has 0 saturated carbocycles. The van der Waals surface area contributed by atoms with Gasteiger partial charge in [0.1, 0.15) is 17.7 Å². The van der Waals surface area contributed by atoms with Gasteiger partial charge in [-0.15, -0.1) is 0 Å². The molecule has 0 bridgehead atoms. The number of halogens is 2. The van der Waals surface area contributed by atoms with E-state index in [0.717, 1.165) is 31.0 Å². The van der Waals surface area contributed by atoms with Crippen LogP contribution in [-0.2, 0) is 16.0 Å². The molecule has 2 aromatic carbocycles. The predicted octanol–water partition coefficient (Wildman–Crippen LogP) is 3.09. The average Bonchev–Trinajstić information content (AvgIpc) is 2.84. The second kappa shape index (κ2) is 14.5. The lowest BCUT2D eigenvalue weighted by Gasteiger charge is -2.26. The fourth-order valence-electron chi connectivity index (χ4n) is 4.07. The standard InChI is InChI=1S/C28H38F2N4O4/c1-5-7-34(8-6-2)27(36)20-9-17(3)10-21(14-20)28(37)38-25(16-33-18(4)26(32)35)24(31)13-19-11-22(29)15-23(30)12-19/h9-12,14-15,18,24-25,33H,5-8,13,16,31H2,1-4H3,(H2,32,35)/t18?,24-,25+/m0/s1. The first-order valence-electron chi connectivity index (χ1n) is 12.8. The Labute approximate surface area is 222 Å². The van der Waals surface area contributed by atoms with E-state index in [4.69, 9.17) is 16.2 Å². The normalized spacial score (nSPS) is 13.4. The van der Waals surface area contributed by atoms with Crippen molar-refractivity contribution in [1.82, 2.24) is 10.2 Å². The zero-order valence-electron chi connectivity index (χ0n) is 22.4. The largest absolute Gasteiger partial charge is 0.456 e. The lowest BCUT2D eigenvalue weighted by Crippen LogP contribution is -2.50.